The summed E-state index contributed by atoms with van der Waals surface area (Å²) in [7, 11) is 1.64. The zero-order valence-corrected chi connectivity index (χ0v) is 11.9. The molecule has 0 aromatic heterocycles. The van der Waals surface area contributed by atoms with E-state index in [1.54, 1.807) is 45.2 Å². The summed E-state index contributed by atoms with van der Waals surface area (Å²) in [5.41, 5.74) is -0.221. The molecule has 0 atom stereocenters. The minimum Gasteiger partial charge on any atom is -0.494 e. The molecular weight excluding hydrogens is 244 g/mol. The minimum atomic E-state index is -0.912. The Morgan fingerprint density at radius 1 is 1.37 bits per heavy atom. The first-order valence-electron chi connectivity index (χ1n) is 6.29. The number of likely N-dealkylation sites (N-methyl/N-ethyl adjacent to an activating group) is 1. The van der Waals surface area contributed by atoms with Crippen LogP contribution in [0.15, 0.2) is 24.3 Å². The van der Waals surface area contributed by atoms with Crippen LogP contribution in [-0.4, -0.2) is 41.8 Å². The molecule has 0 aliphatic heterocycles. The molecular formula is C14H22N2O3. The van der Waals surface area contributed by atoms with Crippen LogP contribution in [0.4, 0.5) is 10.5 Å². The van der Waals surface area contributed by atoms with Gasteiger partial charge in [-0.25, -0.2) is 4.79 Å². The van der Waals surface area contributed by atoms with Crippen LogP contribution in [0, 0.1) is 0 Å². The first-order chi connectivity index (χ1) is 8.81. The fourth-order valence-corrected chi connectivity index (χ4v) is 1.67. The first kappa shape index (κ1) is 15.3. The van der Waals surface area contributed by atoms with E-state index in [4.69, 9.17) is 4.74 Å². The van der Waals surface area contributed by atoms with Gasteiger partial charge in [0, 0.05) is 12.7 Å². The lowest BCUT2D eigenvalue weighted by Gasteiger charge is -2.25. The van der Waals surface area contributed by atoms with Gasteiger partial charge in [0.2, 0.25) is 0 Å². The van der Waals surface area contributed by atoms with Gasteiger partial charge in [-0.05, 0) is 45.0 Å². The predicted octanol–water partition coefficient (Wildman–Crippen LogP) is 2.32. The molecule has 19 heavy (non-hydrogen) atoms. The summed E-state index contributed by atoms with van der Waals surface area (Å²) >= 11 is 0. The highest BCUT2D eigenvalue weighted by Crippen LogP contribution is 2.16. The molecule has 2 N–H and O–H groups in total. The second-order valence-corrected chi connectivity index (χ2v) is 5.06. The van der Waals surface area contributed by atoms with Gasteiger partial charge in [-0.1, -0.05) is 0 Å². The highest BCUT2D eigenvalue weighted by molar-refractivity contribution is 5.89. The quantitative estimate of drug-likeness (QED) is 0.859. The van der Waals surface area contributed by atoms with E-state index in [1.165, 1.54) is 4.90 Å². The van der Waals surface area contributed by atoms with Crippen LogP contribution in [0.3, 0.4) is 0 Å². The maximum atomic E-state index is 11.9. The van der Waals surface area contributed by atoms with Crippen LogP contribution in [0.2, 0.25) is 0 Å². The Hall–Kier alpha value is -1.75. The number of amides is 2. The van der Waals surface area contributed by atoms with E-state index in [-0.39, 0.29) is 12.6 Å². The summed E-state index contributed by atoms with van der Waals surface area (Å²) < 4.78 is 5.32. The SMILES string of the molecule is CCOc1ccc(NC(=O)N(C)CC(C)(C)O)cc1. The van der Waals surface area contributed by atoms with Gasteiger partial charge in [0.1, 0.15) is 5.75 Å². The summed E-state index contributed by atoms with van der Waals surface area (Å²) in [6.07, 6.45) is 0. The van der Waals surface area contributed by atoms with E-state index in [9.17, 15) is 9.90 Å². The third-order valence-corrected chi connectivity index (χ3v) is 2.39. The predicted molar refractivity (Wildman–Crippen MR) is 75.6 cm³/mol. The summed E-state index contributed by atoms with van der Waals surface area (Å²) in [6.45, 7) is 6.11. The summed E-state index contributed by atoms with van der Waals surface area (Å²) in [5, 5.41) is 12.4. The molecule has 5 heteroatoms. The monoisotopic (exact) mass is 266 g/mol. The number of rotatable bonds is 5. The number of aliphatic hydroxyl groups is 1. The minimum absolute atomic E-state index is 0.258. The number of nitrogens with zero attached hydrogens (tertiary/aromatic N) is 1. The van der Waals surface area contributed by atoms with Crippen molar-refractivity contribution < 1.29 is 14.6 Å². The van der Waals surface area contributed by atoms with Gasteiger partial charge in [-0.3, -0.25) is 0 Å². The van der Waals surface area contributed by atoms with Crippen molar-refractivity contribution in [2.45, 2.75) is 26.4 Å². The molecule has 0 saturated heterocycles. The highest BCUT2D eigenvalue weighted by atomic mass is 16.5. The lowest BCUT2D eigenvalue weighted by Crippen LogP contribution is -2.41. The summed E-state index contributed by atoms with van der Waals surface area (Å²) in [6, 6.07) is 6.90. The van der Waals surface area contributed by atoms with E-state index in [0.717, 1.165) is 5.75 Å². The summed E-state index contributed by atoms with van der Waals surface area (Å²) in [5.74, 6) is 0.769. The van der Waals surface area contributed by atoms with Gasteiger partial charge in [0.15, 0.2) is 0 Å². The fourth-order valence-electron chi connectivity index (χ4n) is 1.67. The molecule has 1 aromatic rings. The Kier molecular flexibility index (Phi) is 5.18. The second-order valence-electron chi connectivity index (χ2n) is 5.06. The van der Waals surface area contributed by atoms with Crippen LogP contribution in [0.25, 0.3) is 0 Å². The molecule has 0 aliphatic rings. The lowest BCUT2D eigenvalue weighted by atomic mass is 10.1. The maximum absolute atomic E-state index is 11.9. The van der Waals surface area contributed by atoms with Crippen LogP contribution in [0.5, 0.6) is 5.75 Å². The van der Waals surface area contributed by atoms with Crippen LogP contribution in [0.1, 0.15) is 20.8 Å². The molecule has 0 radical (unpaired) electrons. The Labute approximate surface area is 114 Å². The van der Waals surface area contributed by atoms with E-state index < -0.39 is 5.60 Å². The molecule has 0 heterocycles. The number of nitrogens with one attached hydrogen (secondary N) is 1. The second kappa shape index (κ2) is 6.43. The average Bonchev–Trinajstić information content (AvgIpc) is 2.29. The summed E-state index contributed by atoms with van der Waals surface area (Å²) in [4.78, 5) is 13.3. The zero-order chi connectivity index (χ0) is 14.5. The van der Waals surface area contributed by atoms with Crippen molar-refractivity contribution in [3.8, 4) is 5.75 Å². The Morgan fingerprint density at radius 3 is 2.42 bits per heavy atom. The molecule has 0 saturated carbocycles. The van der Waals surface area contributed by atoms with Crippen molar-refractivity contribution in [2.75, 3.05) is 25.5 Å². The van der Waals surface area contributed by atoms with Gasteiger partial charge in [0.05, 0.1) is 18.8 Å². The van der Waals surface area contributed by atoms with E-state index in [0.29, 0.717) is 12.3 Å². The average molecular weight is 266 g/mol. The molecule has 106 valence electrons. The molecule has 2 amide bonds. The molecule has 0 spiro atoms. The lowest BCUT2D eigenvalue weighted by molar-refractivity contribution is 0.0550. The third-order valence-electron chi connectivity index (χ3n) is 2.39. The smallest absolute Gasteiger partial charge is 0.321 e. The number of benzene rings is 1. The van der Waals surface area contributed by atoms with Crippen molar-refractivity contribution in [2.24, 2.45) is 0 Å². The number of carbonyl (C=O) groups excluding carboxylic acids is 1. The fraction of sp³-hybridized carbons (Fsp3) is 0.500. The molecule has 0 fully saturated rings. The van der Waals surface area contributed by atoms with Crippen LogP contribution in [-0.2, 0) is 0 Å². The molecule has 1 aromatic carbocycles. The highest BCUT2D eigenvalue weighted by Gasteiger charge is 2.19. The van der Waals surface area contributed by atoms with Crippen LogP contribution >= 0.6 is 0 Å². The van der Waals surface area contributed by atoms with Crippen molar-refractivity contribution in [3.05, 3.63) is 24.3 Å². The zero-order valence-electron chi connectivity index (χ0n) is 11.9. The van der Waals surface area contributed by atoms with Gasteiger partial charge in [-0.2, -0.15) is 0 Å². The van der Waals surface area contributed by atoms with E-state index >= 15 is 0 Å². The number of anilines is 1. The molecule has 5 nitrogen and oxygen atoms in total. The molecule has 0 bridgehead atoms. The van der Waals surface area contributed by atoms with Gasteiger partial charge in [0.25, 0.3) is 0 Å². The number of hydrogen-bond donors (Lipinski definition) is 2. The topological polar surface area (TPSA) is 61.8 Å². The van der Waals surface area contributed by atoms with E-state index in [2.05, 4.69) is 5.32 Å². The third kappa shape index (κ3) is 5.61. The van der Waals surface area contributed by atoms with Crippen molar-refractivity contribution in [3.63, 3.8) is 0 Å². The van der Waals surface area contributed by atoms with Crippen molar-refractivity contribution in [1.82, 2.24) is 4.90 Å². The maximum Gasteiger partial charge on any atom is 0.321 e. The van der Waals surface area contributed by atoms with Gasteiger partial charge < -0.3 is 20.1 Å². The van der Waals surface area contributed by atoms with Gasteiger partial charge in [-0.15, -0.1) is 0 Å². The normalized spacial score (nSPS) is 11.0. The van der Waals surface area contributed by atoms with E-state index in [1.807, 2.05) is 6.92 Å². The first-order valence-corrected chi connectivity index (χ1v) is 6.29. The van der Waals surface area contributed by atoms with Crippen molar-refractivity contribution in [1.29, 1.82) is 0 Å². The van der Waals surface area contributed by atoms with Crippen molar-refractivity contribution >= 4 is 11.7 Å². The standard InChI is InChI=1S/C14H22N2O3/c1-5-19-12-8-6-11(7-9-12)15-13(17)16(4)10-14(2,3)18/h6-9,18H,5,10H2,1-4H3,(H,15,17). The molecule has 0 unspecified atom stereocenters. The number of carbonyl (C=O) groups is 1. The number of ether oxygens (including phenoxy) is 1. The van der Waals surface area contributed by atoms with Gasteiger partial charge >= 0.3 is 6.03 Å². The van der Waals surface area contributed by atoms with Crippen LogP contribution < -0.4 is 10.1 Å². The number of hydrogen-bond acceptors (Lipinski definition) is 3. The Morgan fingerprint density at radius 2 is 1.95 bits per heavy atom. The Bertz CT molecular complexity index is 410. The Balaban J connectivity index is 2.56. The largest absolute Gasteiger partial charge is 0.494 e. The molecule has 0 aliphatic carbocycles. The molecule has 1 rings (SSSR count). The number of urea groups is 1.